The molecule has 5 rings (SSSR count). The molecule has 43 heavy (non-hydrogen) atoms. The average molecular weight is 612 g/mol. The Kier molecular flexibility index (Phi) is 8.59. The molecule has 1 saturated heterocycles. The molecule has 1 fully saturated rings. The number of amides is 2. The molecular formula is C30H38FN5O6Si. The van der Waals surface area contributed by atoms with Crippen molar-refractivity contribution >= 4 is 42.9 Å². The molecule has 0 aliphatic carbocycles. The van der Waals surface area contributed by atoms with Crippen LogP contribution in [-0.2, 0) is 26.9 Å². The minimum absolute atomic E-state index is 0.0357. The van der Waals surface area contributed by atoms with Gasteiger partial charge in [0.15, 0.2) is 26.5 Å². The van der Waals surface area contributed by atoms with Crippen molar-refractivity contribution in [2.75, 3.05) is 43.1 Å². The summed E-state index contributed by atoms with van der Waals surface area (Å²) in [4.78, 5) is 42.8. The van der Waals surface area contributed by atoms with E-state index in [2.05, 4.69) is 49.5 Å². The predicted octanol–water partition coefficient (Wildman–Crippen LogP) is 4.05. The standard InChI is InChI=1S/C30H38FN5O6Si/c1-30(2,3)43(4,5)41-15-14-35-26(38)11-7-19-6-8-22(31)21(27(19)35)12-13-32-16-20-17-36(29(39)42-20)24-10-9-23-28(33-24)34-25(37)18-40-23/h6-11,20,32H,12-18H2,1-5H3,(H,33,34,37). The molecule has 1 atom stereocenters. The van der Waals surface area contributed by atoms with Crippen molar-refractivity contribution in [2.24, 2.45) is 0 Å². The van der Waals surface area contributed by atoms with Crippen LogP contribution < -0.4 is 25.8 Å². The van der Waals surface area contributed by atoms with E-state index in [4.69, 9.17) is 13.9 Å². The maximum absolute atomic E-state index is 15.2. The van der Waals surface area contributed by atoms with Gasteiger partial charge in [-0.1, -0.05) is 20.8 Å². The number of benzene rings is 1. The summed E-state index contributed by atoms with van der Waals surface area (Å²) in [5.41, 5.74) is 0.815. The molecule has 11 nitrogen and oxygen atoms in total. The Hall–Kier alpha value is -3.81. The largest absolute Gasteiger partial charge is 0.480 e. The van der Waals surface area contributed by atoms with Gasteiger partial charge in [0.2, 0.25) is 0 Å². The third-order valence-electron chi connectivity index (χ3n) is 8.32. The zero-order valence-corrected chi connectivity index (χ0v) is 26.2. The third-order valence-corrected chi connectivity index (χ3v) is 12.9. The second-order valence-corrected chi connectivity index (χ2v) is 17.1. The smallest absolute Gasteiger partial charge is 0.416 e. The number of ether oxygens (including phenoxy) is 2. The number of anilines is 2. The summed E-state index contributed by atoms with van der Waals surface area (Å²) in [5.74, 6) is 0.327. The van der Waals surface area contributed by atoms with Gasteiger partial charge in [0.1, 0.15) is 17.7 Å². The number of hydrogen-bond donors (Lipinski definition) is 2. The van der Waals surface area contributed by atoms with Crippen LogP contribution in [0.1, 0.15) is 26.3 Å². The zero-order chi connectivity index (χ0) is 30.9. The highest BCUT2D eigenvalue weighted by atomic mass is 28.4. The van der Waals surface area contributed by atoms with Crippen LogP contribution in [0.2, 0.25) is 18.1 Å². The van der Waals surface area contributed by atoms with Crippen LogP contribution in [0.25, 0.3) is 10.9 Å². The second-order valence-electron chi connectivity index (χ2n) is 12.3. The number of nitrogens with one attached hydrogen (secondary N) is 2. The number of cyclic esters (lactones) is 1. The second kappa shape index (κ2) is 12.1. The number of fused-ring (bicyclic) bond motifs is 2. The molecule has 2 aliphatic heterocycles. The van der Waals surface area contributed by atoms with Crippen LogP contribution in [0, 0.1) is 5.82 Å². The number of carbonyl (C=O) groups is 2. The molecule has 0 bridgehead atoms. The lowest BCUT2D eigenvalue weighted by atomic mass is 10.1. The van der Waals surface area contributed by atoms with E-state index < -0.39 is 20.5 Å². The molecule has 13 heteroatoms. The van der Waals surface area contributed by atoms with Gasteiger partial charge in [0, 0.05) is 24.7 Å². The highest BCUT2D eigenvalue weighted by Gasteiger charge is 2.37. The summed E-state index contributed by atoms with van der Waals surface area (Å²) in [6.07, 6.45) is -0.683. The van der Waals surface area contributed by atoms with Gasteiger partial charge in [-0.3, -0.25) is 14.5 Å². The maximum atomic E-state index is 15.2. The minimum atomic E-state index is -2.01. The maximum Gasteiger partial charge on any atom is 0.416 e. The Balaban J connectivity index is 1.22. The van der Waals surface area contributed by atoms with Crippen LogP contribution in [0.3, 0.4) is 0 Å². The van der Waals surface area contributed by atoms with Gasteiger partial charge in [0.25, 0.3) is 11.5 Å². The predicted molar refractivity (Wildman–Crippen MR) is 164 cm³/mol. The lowest BCUT2D eigenvalue weighted by Crippen LogP contribution is -2.41. The van der Waals surface area contributed by atoms with Crippen LogP contribution in [0.15, 0.2) is 41.2 Å². The monoisotopic (exact) mass is 611 g/mol. The van der Waals surface area contributed by atoms with Crippen molar-refractivity contribution in [1.29, 1.82) is 0 Å². The van der Waals surface area contributed by atoms with E-state index in [0.29, 0.717) is 55.3 Å². The number of halogens is 1. The molecule has 1 aromatic carbocycles. The molecular weight excluding hydrogens is 573 g/mol. The summed E-state index contributed by atoms with van der Waals surface area (Å²) in [6, 6.07) is 9.62. The number of nitrogens with zero attached hydrogens (tertiary/aromatic N) is 3. The van der Waals surface area contributed by atoms with Crippen LogP contribution in [0.4, 0.5) is 20.8 Å². The van der Waals surface area contributed by atoms with Crippen molar-refractivity contribution < 1.29 is 27.9 Å². The molecule has 0 radical (unpaired) electrons. The van der Waals surface area contributed by atoms with Gasteiger partial charge >= 0.3 is 6.09 Å². The number of carbonyl (C=O) groups excluding carboxylic acids is 2. The quantitative estimate of drug-likeness (QED) is 0.260. The fraction of sp³-hybridized carbons (Fsp3) is 0.467. The zero-order valence-electron chi connectivity index (χ0n) is 25.2. The molecule has 0 saturated carbocycles. The van der Waals surface area contributed by atoms with Crippen molar-refractivity contribution in [3.8, 4) is 5.75 Å². The first-order chi connectivity index (χ1) is 20.3. The summed E-state index contributed by atoms with van der Waals surface area (Å²) < 4.78 is 33.9. The Morgan fingerprint density at radius 2 is 1.91 bits per heavy atom. The molecule has 2 amide bonds. The van der Waals surface area contributed by atoms with E-state index in [-0.39, 0.29) is 41.3 Å². The molecule has 0 spiro atoms. The van der Waals surface area contributed by atoms with Gasteiger partial charge < -0.3 is 29.1 Å². The summed E-state index contributed by atoms with van der Waals surface area (Å²) in [6.45, 7) is 12.4. The fourth-order valence-electron chi connectivity index (χ4n) is 4.91. The molecule has 2 aromatic heterocycles. The molecule has 1 unspecified atom stereocenters. The number of aromatic nitrogens is 2. The molecule has 4 heterocycles. The van der Waals surface area contributed by atoms with Crippen molar-refractivity contribution in [1.82, 2.24) is 14.9 Å². The summed E-state index contributed by atoms with van der Waals surface area (Å²) in [5, 5.41) is 6.70. The van der Waals surface area contributed by atoms with E-state index in [1.807, 2.05) is 0 Å². The highest BCUT2D eigenvalue weighted by molar-refractivity contribution is 6.74. The first-order valence-electron chi connectivity index (χ1n) is 14.4. The molecule has 2 N–H and O–H groups in total. The molecule has 3 aromatic rings. The van der Waals surface area contributed by atoms with Crippen LogP contribution in [-0.4, -0.2) is 68.8 Å². The Labute approximate surface area is 250 Å². The van der Waals surface area contributed by atoms with Gasteiger partial charge in [-0.2, -0.15) is 0 Å². The summed E-state index contributed by atoms with van der Waals surface area (Å²) >= 11 is 0. The van der Waals surface area contributed by atoms with Gasteiger partial charge in [0.05, 0.1) is 18.7 Å². The highest BCUT2D eigenvalue weighted by Crippen LogP contribution is 2.36. The lowest BCUT2D eigenvalue weighted by molar-refractivity contribution is -0.118. The van der Waals surface area contributed by atoms with Crippen molar-refractivity contribution in [2.45, 2.75) is 58.0 Å². The number of rotatable bonds is 10. The van der Waals surface area contributed by atoms with Gasteiger partial charge in [-0.05, 0) is 66.8 Å². The van der Waals surface area contributed by atoms with E-state index >= 15 is 4.39 Å². The van der Waals surface area contributed by atoms with Crippen LogP contribution >= 0.6 is 0 Å². The van der Waals surface area contributed by atoms with Gasteiger partial charge in [-0.15, -0.1) is 0 Å². The normalized spacial score (nSPS) is 17.1. The Bertz CT molecular complexity index is 1600. The van der Waals surface area contributed by atoms with E-state index in [0.717, 1.165) is 5.39 Å². The minimum Gasteiger partial charge on any atom is -0.480 e. The fourth-order valence-corrected chi connectivity index (χ4v) is 5.94. The lowest BCUT2D eigenvalue weighted by Gasteiger charge is -2.36. The van der Waals surface area contributed by atoms with Crippen molar-refractivity contribution in [3.05, 3.63) is 58.1 Å². The van der Waals surface area contributed by atoms with E-state index in [1.54, 1.807) is 28.8 Å². The topological polar surface area (TPSA) is 124 Å². The van der Waals surface area contributed by atoms with Crippen LogP contribution in [0.5, 0.6) is 5.75 Å². The molecule has 230 valence electrons. The Morgan fingerprint density at radius 1 is 1.14 bits per heavy atom. The van der Waals surface area contributed by atoms with Gasteiger partial charge in [-0.25, -0.2) is 14.2 Å². The SMILES string of the molecule is CC(C)(C)[Si](C)(C)OCCn1c(=O)ccc2ccc(F)c(CCNCC3CN(c4ccc5c(n4)NC(=O)CO5)C(=O)O3)c21. The summed E-state index contributed by atoms with van der Waals surface area (Å²) in [7, 11) is -2.01. The number of hydrogen-bond acceptors (Lipinski definition) is 8. The molecule has 2 aliphatic rings. The first kappa shape index (κ1) is 30.6. The number of pyridine rings is 2. The average Bonchev–Trinajstić information content (AvgIpc) is 3.32. The Morgan fingerprint density at radius 3 is 2.67 bits per heavy atom. The third kappa shape index (κ3) is 6.58. The van der Waals surface area contributed by atoms with Crippen molar-refractivity contribution in [3.63, 3.8) is 0 Å². The van der Waals surface area contributed by atoms with E-state index in [9.17, 15) is 14.4 Å². The first-order valence-corrected chi connectivity index (χ1v) is 17.3. The van der Waals surface area contributed by atoms with E-state index in [1.165, 1.54) is 17.0 Å².